The summed E-state index contributed by atoms with van der Waals surface area (Å²) in [6.07, 6.45) is 6.40. The summed E-state index contributed by atoms with van der Waals surface area (Å²) in [6.45, 7) is 8.38. The first-order valence-electron chi connectivity index (χ1n) is 18.0. The second-order valence-corrected chi connectivity index (χ2v) is 16.3. The zero-order valence-corrected chi connectivity index (χ0v) is 32.1. The number of nitrogens with zero attached hydrogens (tertiary/aromatic N) is 2. The average molecular weight is 738 g/mol. The Labute approximate surface area is 322 Å². The van der Waals surface area contributed by atoms with Gasteiger partial charge >= 0.3 is 0 Å². The van der Waals surface area contributed by atoms with Crippen LogP contribution < -0.4 is 18.5 Å². The van der Waals surface area contributed by atoms with Gasteiger partial charge in [-0.3, -0.25) is 4.79 Å². The fourth-order valence-corrected chi connectivity index (χ4v) is 9.37. The van der Waals surface area contributed by atoms with E-state index in [1.165, 1.54) is 44.9 Å². The van der Waals surface area contributed by atoms with E-state index in [0.717, 1.165) is 63.7 Å². The van der Waals surface area contributed by atoms with Crippen molar-refractivity contribution in [1.82, 2.24) is 4.58 Å². The Hall–Kier alpha value is -6.08. The molecular weight excluding hydrogens is 701 g/mol. The summed E-state index contributed by atoms with van der Waals surface area (Å²) in [5, 5.41) is 12.5. The van der Waals surface area contributed by atoms with E-state index in [1.54, 1.807) is 0 Å². The summed E-state index contributed by atoms with van der Waals surface area (Å²) < 4.78 is 5.13. The highest BCUT2D eigenvalue weighted by Crippen LogP contribution is 2.43. The van der Waals surface area contributed by atoms with E-state index < -0.39 is 0 Å². The zero-order valence-electron chi connectivity index (χ0n) is 30.4. The summed E-state index contributed by atoms with van der Waals surface area (Å²) in [4.78, 5) is 16.9. The number of aliphatic hydroxyl groups is 1. The first-order valence-corrected chi connectivity index (χ1v) is 19.6. The molecule has 0 spiro atoms. The van der Waals surface area contributed by atoms with Crippen LogP contribution in [-0.2, 0) is 4.79 Å². The third kappa shape index (κ3) is 6.03. The fourth-order valence-electron chi connectivity index (χ4n) is 7.09. The van der Waals surface area contributed by atoms with Crippen molar-refractivity contribution in [3.8, 4) is 0 Å². The minimum Gasteiger partial charge on any atom is -0.506 e. The molecule has 9 rings (SSSR count). The van der Waals surface area contributed by atoms with Gasteiger partial charge in [0, 0.05) is 72.1 Å². The predicted molar refractivity (Wildman–Crippen MR) is 230 cm³/mol. The Bertz CT molecular complexity index is 2760. The van der Waals surface area contributed by atoms with Gasteiger partial charge in [0.25, 0.3) is 0 Å². The molecule has 0 saturated carbocycles. The van der Waals surface area contributed by atoms with Gasteiger partial charge in [-0.05, 0) is 93.3 Å². The summed E-state index contributed by atoms with van der Waals surface area (Å²) in [7, 11) is 0. The first-order chi connectivity index (χ1) is 26.2. The monoisotopic (exact) mass is 737 g/mol. The summed E-state index contributed by atoms with van der Waals surface area (Å²) in [6, 6.07) is 44.6. The van der Waals surface area contributed by atoms with Gasteiger partial charge < -0.3 is 10.0 Å². The van der Waals surface area contributed by atoms with E-state index in [2.05, 4.69) is 171 Å². The summed E-state index contributed by atoms with van der Waals surface area (Å²) in [5.41, 5.74) is 13.0. The number of benzene rings is 5. The number of hydrogen-bond acceptors (Lipinski definition) is 5. The minimum atomic E-state index is -0.118. The fraction of sp³-hybridized carbons (Fsp3) is 0.0833. The number of carbonyl (C=O) groups excluding carboxylic acids is 1. The number of aryl methyl sites for hydroxylation is 4. The molecule has 4 nitrogen and oxygen atoms in total. The lowest BCUT2D eigenvalue weighted by atomic mass is 9.87. The van der Waals surface area contributed by atoms with Gasteiger partial charge in [0.2, 0.25) is 22.9 Å². The zero-order chi connectivity index (χ0) is 37.1. The second kappa shape index (κ2) is 13.4. The average Bonchev–Trinajstić information content (AvgIpc) is 3.78. The third-order valence-corrected chi connectivity index (χ3v) is 12.3. The summed E-state index contributed by atoms with van der Waals surface area (Å²) in [5.74, 6) is -0.0478. The van der Waals surface area contributed by atoms with Crippen LogP contribution in [0.2, 0.25) is 0 Å². The molecule has 0 aliphatic heterocycles. The van der Waals surface area contributed by atoms with Crippen molar-refractivity contribution in [2.45, 2.75) is 27.7 Å². The maximum absolute atomic E-state index is 13.9. The Morgan fingerprint density at radius 1 is 0.574 bits per heavy atom. The highest BCUT2D eigenvalue weighted by molar-refractivity contribution is 7.20. The van der Waals surface area contributed by atoms with Crippen LogP contribution >= 0.6 is 22.7 Å². The number of aliphatic hydroxyl groups excluding tert-OH is 1. The molecule has 2 heterocycles. The standard InChI is InChI=1S/C48H36N2O2S2/c1-29-5-15-35(16-6-29)49(36-17-7-30(2)8-18-36)39-23-13-33-25-43(53-41(33)27-39)45-47(51)46(48(45)52)44-26-34-14-24-40(28-42(34)54-44)50(37-19-9-31(3)10-20-37)38-21-11-32(4)12-22-38/h5-28H,1-4H3/p+1. The third-order valence-electron chi connectivity index (χ3n) is 10.1. The van der Waals surface area contributed by atoms with Gasteiger partial charge in [-0.25, -0.2) is 0 Å². The number of carbonyl (C=O) groups is 1. The maximum atomic E-state index is 13.9. The predicted octanol–water partition coefficient (Wildman–Crippen LogP) is 11.2. The van der Waals surface area contributed by atoms with E-state index in [4.69, 9.17) is 0 Å². The Morgan fingerprint density at radius 3 is 1.67 bits per heavy atom. The van der Waals surface area contributed by atoms with Gasteiger partial charge in [-0.1, -0.05) is 76.9 Å². The van der Waals surface area contributed by atoms with Crippen molar-refractivity contribution < 1.29 is 9.90 Å². The molecule has 1 N–H and O–H groups in total. The molecule has 262 valence electrons. The molecule has 2 aliphatic rings. The number of ketones is 1. The first kappa shape index (κ1) is 33.7. The number of Topliss-reactive ketones (excluding diaryl/α,β-unsaturated/α-hetero) is 1. The molecule has 2 aromatic heterocycles. The lowest BCUT2D eigenvalue weighted by molar-refractivity contribution is -0.109. The van der Waals surface area contributed by atoms with Crippen LogP contribution in [-0.4, -0.2) is 16.6 Å². The van der Waals surface area contributed by atoms with Gasteiger partial charge in [0.15, 0.2) is 0 Å². The van der Waals surface area contributed by atoms with E-state index in [0.29, 0.717) is 11.1 Å². The Kier molecular flexibility index (Phi) is 8.37. The maximum Gasteiger partial charge on any atom is 0.213 e. The van der Waals surface area contributed by atoms with E-state index >= 15 is 0 Å². The molecular formula is C48H37N2O2S2+. The van der Waals surface area contributed by atoms with Crippen molar-refractivity contribution in [2.24, 2.45) is 0 Å². The molecule has 6 heteroatoms. The molecule has 7 aromatic rings. The number of fused-ring (bicyclic) bond motifs is 2. The van der Waals surface area contributed by atoms with Crippen LogP contribution in [0.5, 0.6) is 0 Å². The molecule has 0 bridgehead atoms. The van der Waals surface area contributed by atoms with Gasteiger partial charge in [0.05, 0.1) is 11.1 Å². The van der Waals surface area contributed by atoms with Crippen molar-refractivity contribution in [1.29, 1.82) is 0 Å². The highest BCUT2D eigenvalue weighted by atomic mass is 32.1. The van der Waals surface area contributed by atoms with Crippen molar-refractivity contribution in [3.05, 3.63) is 181 Å². The van der Waals surface area contributed by atoms with Crippen LogP contribution in [0.25, 0.3) is 33.4 Å². The van der Waals surface area contributed by atoms with Gasteiger partial charge in [-0.2, -0.15) is 4.58 Å². The topological polar surface area (TPSA) is 43.5 Å². The van der Waals surface area contributed by atoms with Crippen LogP contribution in [0.1, 0.15) is 32.7 Å². The molecule has 2 aliphatic carbocycles. The van der Waals surface area contributed by atoms with E-state index in [-0.39, 0.29) is 11.5 Å². The second-order valence-electron chi connectivity index (χ2n) is 14.1. The minimum absolute atomic E-state index is 0.0698. The number of hydrogen-bond donors (Lipinski definition) is 1. The lowest BCUT2D eigenvalue weighted by Gasteiger charge is -2.25. The number of thiophene rings is 2. The Balaban J connectivity index is 1.09. The molecule has 0 unspecified atom stereocenters. The highest BCUT2D eigenvalue weighted by Gasteiger charge is 2.37. The summed E-state index contributed by atoms with van der Waals surface area (Å²) >= 11 is 3.08. The number of rotatable bonds is 6. The SMILES string of the molecule is Cc1ccc(N(c2ccc(C)cc2)c2ccc3cc(C4=C(O)/C(=c5\cc6c(s5)=CC(=[N+](c5ccc(C)cc5)c5ccc(C)cc5)C=C6)C4=O)sc3c2)cc1. The van der Waals surface area contributed by atoms with Crippen molar-refractivity contribution >= 4 is 96.0 Å². The van der Waals surface area contributed by atoms with E-state index in [9.17, 15) is 9.90 Å². The van der Waals surface area contributed by atoms with Gasteiger partial charge in [0.1, 0.15) is 5.76 Å². The van der Waals surface area contributed by atoms with Crippen LogP contribution in [0.4, 0.5) is 28.4 Å². The smallest absolute Gasteiger partial charge is 0.213 e. The quantitative estimate of drug-likeness (QED) is 0.173. The van der Waals surface area contributed by atoms with Crippen molar-refractivity contribution in [3.63, 3.8) is 0 Å². The molecule has 0 fully saturated rings. The molecule has 0 atom stereocenters. The molecule has 54 heavy (non-hydrogen) atoms. The normalized spacial score (nSPS) is 14.6. The Morgan fingerprint density at radius 2 is 1.11 bits per heavy atom. The molecule has 5 aromatic carbocycles. The number of anilines is 3. The molecule has 0 saturated heterocycles. The van der Waals surface area contributed by atoms with Crippen LogP contribution in [0.3, 0.4) is 0 Å². The largest absolute Gasteiger partial charge is 0.506 e. The van der Waals surface area contributed by atoms with Gasteiger partial charge in [-0.15, -0.1) is 22.7 Å². The van der Waals surface area contributed by atoms with Crippen LogP contribution in [0, 0.1) is 27.7 Å². The number of allylic oxidation sites excluding steroid dienone is 3. The van der Waals surface area contributed by atoms with Crippen LogP contribution in [0.15, 0.2) is 139 Å². The van der Waals surface area contributed by atoms with E-state index in [1.807, 2.05) is 12.1 Å². The van der Waals surface area contributed by atoms with Crippen molar-refractivity contribution in [2.75, 3.05) is 4.90 Å². The lowest BCUT2D eigenvalue weighted by Crippen LogP contribution is -2.24. The molecule has 0 radical (unpaired) electrons. The molecule has 0 amide bonds.